The van der Waals surface area contributed by atoms with E-state index < -0.39 is 0 Å². The van der Waals surface area contributed by atoms with Gasteiger partial charge in [-0.25, -0.2) is 0 Å². The summed E-state index contributed by atoms with van der Waals surface area (Å²) in [7, 11) is 0. The summed E-state index contributed by atoms with van der Waals surface area (Å²) in [6, 6.07) is 0.755. The molecule has 0 aromatic rings. The zero-order valence-electron chi connectivity index (χ0n) is 16.5. The minimum atomic E-state index is 0.254. The summed E-state index contributed by atoms with van der Waals surface area (Å²) in [5.41, 5.74) is 0. The first-order valence-electron chi connectivity index (χ1n) is 10.1. The number of rotatable bonds is 8. The summed E-state index contributed by atoms with van der Waals surface area (Å²) >= 11 is 1.95. The molecule has 0 spiro atoms. The molecule has 2 aliphatic heterocycles. The number of hydrogen-bond acceptors (Lipinski definition) is 4. The number of guanidine groups is 1. The minimum Gasteiger partial charge on any atom is -0.381 e. The van der Waals surface area contributed by atoms with Crippen molar-refractivity contribution in [2.24, 2.45) is 4.99 Å². The van der Waals surface area contributed by atoms with E-state index in [1.165, 1.54) is 38.8 Å². The predicted molar refractivity (Wildman–Crippen MR) is 110 cm³/mol. The Bertz CT molecular complexity index is 399. The summed E-state index contributed by atoms with van der Waals surface area (Å²) < 4.78 is 5.78. The van der Waals surface area contributed by atoms with Crippen LogP contribution in [-0.4, -0.2) is 73.8 Å². The molecular formula is C19H38N4OS. The molecule has 2 N–H and O–H groups in total. The Morgan fingerprint density at radius 3 is 2.76 bits per heavy atom. The van der Waals surface area contributed by atoms with Crippen LogP contribution in [-0.2, 0) is 4.74 Å². The van der Waals surface area contributed by atoms with Gasteiger partial charge in [0.2, 0.25) is 0 Å². The van der Waals surface area contributed by atoms with Crippen LogP contribution in [0.25, 0.3) is 0 Å². The number of piperidine rings is 1. The number of nitrogens with zero attached hydrogens (tertiary/aromatic N) is 2. The van der Waals surface area contributed by atoms with Gasteiger partial charge in [0, 0.05) is 43.6 Å². The van der Waals surface area contributed by atoms with E-state index in [0.717, 1.165) is 57.7 Å². The number of aliphatic imine (C=N–C) groups is 1. The maximum Gasteiger partial charge on any atom is 0.191 e. The van der Waals surface area contributed by atoms with Gasteiger partial charge in [0.1, 0.15) is 0 Å². The van der Waals surface area contributed by atoms with Crippen LogP contribution in [0, 0.1) is 0 Å². The lowest BCUT2D eigenvalue weighted by Crippen LogP contribution is -2.42. The molecule has 0 aromatic heterocycles. The van der Waals surface area contributed by atoms with E-state index in [1.54, 1.807) is 0 Å². The van der Waals surface area contributed by atoms with Crippen LogP contribution < -0.4 is 10.6 Å². The average Bonchev–Trinajstić information content (AvgIpc) is 2.65. The highest BCUT2D eigenvalue weighted by molar-refractivity contribution is 8.00. The van der Waals surface area contributed by atoms with E-state index >= 15 is 0 Å². The molecule has 2 heterocycles. The molecule has 0 radical (unpaired) electrons. The Morgan fingerprint density at radius 2 is 2.08 bits per heavy atom. The van der Waals surface area contributed by atoms with Crippen molar-refractivity contribution < 1.29 is 4.74 Å². The van der Waals surface area contributed by atoms with E-state index in [9.17, 15) is 0 Å². The fraction of sp³-hybridized carbons (Fsp3) is 0.947. The Labute approximate surface area is 158 Å². The molecule has 0 aliphatic carbocycles. The Hall–Kier alpha value is -0.460. The zero-order valence-corrected chi connectivity index (χ0v) is 17.3. The lowest BCUT2D eigenvalue weighted by Gasteiger charge is -2.34. The van der Waals surface area contributed by atoms with Gasteiger partial charge in [0.25, 0.3) is 0 Å². The second-order valence-corrected chi connectivity index (χ2v) is 8.63. The maximum atomic E-state index is 5.53. The van der Waals surface area contributed by atoms with Crippen LogP contribution in [0.5, 0.6) is 0 Å². The molecule has 6 heteroatoms. The summed E-state index contributed by atoms with van der Waals surface area (Å²) in [4.78, 5) is 7.52. The maximum absolute atomic E-state index is 5.53. The second-order valence-electron chi connectivity index (χ2n) is 7.36. The fourth-order valence-electron chi connectivity index (χ4n) is 3.71. The van der Waals surface area contributed by atoms with Crippen molar-refractivity contribution in [3.05, 3.63) is 0 Å². The van der Waals surface area contributed by atoms with Gasteiger partial charge in [0.15, 0.2) is 5.96 Å². The fourth-order valence-corrected chi connectivity index (χ4v) is 4.48. The normalized spacial score (nSPS) is 24.9. The molecule has 0 aromatic carbocycles. The van der Waals surface area contributed by atoms with Crippen molar-refractivity contribution >= 4 is 17.7 Å². The summed E-state index contributed by atoms with van der Waals surface area (Å²) in [6.07, 6.45) is 9.71. The number of ether oxygens (including phenoxy) is 1. The van der Waals surface area contributed by atoms with Crippen molar-refractivity contribution in [3.8, 4) is 0 Å². The molecule has 146 valence electrons. The van der Waals surface area contributed by atoms with E-state index in [4.69, 9.17) is 9.73 Å². The summed E-state index contributed by atoms with van der Waals surface area (Å²) in [5, 5.41) is 6.92. The van der Waals surface area contributed by atoms with Gasteiger partial charge in [-0.3, -0.25) is 4.99 Å². The lowest BCUT2D eigenvalue weighted by molar-refractivity contribution is 0.0794. The van der Waals surface area contributed by atoms with E-state index in [1.807, 2.05) is 11.8 Å². The third-order valence-corrected chi connectivity index (χ3v) is 6.97. The Balaban J connectivity index is 1.75. The minimum absolute atomic E-state index is 0.254. The topological polar surface area (TPSA) is 48.9 Å². The van der Waals surface area contributed by atoms with Crippen molar-refractivity contribution in [2.45, 2.75) is 63.2 Å². The van der Waals surface area contributed by atoms with Crippen molar-refractivity contribution in [3.63, 3.8) is 0 Å². The lowest BCUT2D eigenvalue weighted by atomic mass is 9.99. The number of thioether (sulfide) groups is 1. The van der Waals surface area contributed by atoms with E-state index in [0.29, 0.717) is 0 Å². The Morgan fingerprint density at radius 1 is 1.28 bits per heavy atom. The number of likely N-dealkylation sites (tertiary alicyclic amines) is 1. The predicted octanol–water partition coefficient (Wildman–Crippen LogP) is 2.72. The van der Waals surface area contributed by atoms with Gasteiger partial charge in [-0.2, -0.15) is 11.8 Å². The smallest absolute Gasteiger partial charge is 0.191 e. The molecule has 1 atom stereocenters. The summed E-state index contributed by atoms with van der Waals surface area (Å²) in [5.74, 6) is 0.967. The zero-order chi connectivity index (χ0) is 18.0. The van der Waals surface area contributed by atoms with Crippen molar-refractivity contribution in [1.82, 2.24) is 15.5 Å². The van der Waals surface area contributed by atoms with Crippen molar-refractivity contribution in [2.75, 3.05) is 52.2 Å². The molecule has 25 heavy (non-hydrogen) atoms. The highest BCUT2D eigenvalue weighted by Gasteiger charge is 2.31. The van der Waals surface area contributed by atoms with Crippen LogP contribution in [0.2, 0.25) is 0 Å². The molecule has 0 saturated carbocycles. The number of hydrogen-bond donors (Lipinski definition) is 2. The van der Waals surface area contributed by atoms with Gasteiger partial charge < -0.3 is 20.3 Å². The molecule has 0 bridgehead atoms. The van der Waals surface area contributed by atoms with Crippen LogP contribution in [0.3, 0.4) is 0 Å². The van der Waals surface area contributed by atoms with Gasteiger partial charge >= 0.3 is 0 Å². The third kappa shape index (κ3) is 6.99. The average molecular weight is 371 g/mol. The highest BCUT2D eigenvalue weighted by Crippen LogP contribution is 2.33. The highest BCUT2D eigenvalue weighted by atomic mass is 32.2. The monoisotopic (exact) mass is 370 g/mol. The molecule has 2 rings (SSSR count). The third-order valence-electron chi connectivity index (χ3n) is 5.56. The first-order chi connectivity index (χ1) is 12.2. The standard InChI is InChI=1S/C19H38N4OS/c1-4-20-18(22-16-19(25-3)9-14-24-15-10-19)21-11-7-13-23-12-6-5-8-17(23)2/h17H,4-16H2,1-3H3,(H2,20,21,22). The molecule has 0 amide bonds. The SMILES string of the molecule is CCNC(=NCC1(SC)CCOCC1)NCCCN1CCCCC1C. The molecule has 2 aliphatic rings. The van der Waals surface area contributed by atoms with E-state index in [2.05, 4.69) is 35.6 Å². The summed E-state index contributed by atoms with van der Waals surface area (Å²) in [6.45, 7) is 11.5. The molecule has 2 fully saturated rings. The number of nitrogens with one attached hydrogen (secondary N) is 2. The molecule has 5 nitrogen and oxygen atoms in total. The van der Waals surface area contributed by atoms with Crippen LogP contribution in [0.4, 0.5) is 0 Å². The van der Waals surface area contributed by atoms with Gasteiger partial charge in [-0.1, -0.05) is 6.42 Å². The van der Waals surface area contributed by atoms with Gasteiger partial charge in [0.05, 0.1) is 6.54 Å². The second kappa shape index (κ2) is 11.3. The van der Waals surface area contributed by atoms with Crippen LogP contribution in [0.15, 0.2) is 4.99 Å². The van der Waals surface area contributed by atoms with E-state index in [-0.39, 0.29) is 4.75 Å². The van der Waals surface area contributed by atoms with Crippen LogP contribution >= 0.6 is 11.8 Å². The largest absolute Gasteiger partial charge is 0.381 e. The quantitative estimate of drug-likeness (QED) is 0.391. The van der Waals surface area contributed by atoms with Crippen LogP contribution in [0.1, 0.15) is 52.4 Å². The first-order valence-corrected chi connectivity index (χ1v) is 11.3. The molecule has 2 saturated heterocycles. The van der Waals surface area contributed by atoms with Gasteiger partial charge in [-0.05, 0) is 58.8 Å². The van der Waals surface area contributed by atoms with Crippen molar-refractivity contribution in [1.29, 1.82) is 0 Å². The Kier molecular flexibility index (Phi) is 9.42. The first kappa shape index (κ1) is 20.8. The van der Waals surface area contributed by atoms with Gasteiger partial charge in [-0.15, -0.1) is 0 Å². The molecule has 1 unspecified atom stereocenters. The molecular weight excluding hydrogens is 332 g/mol.